The number of ether oxygens (including phenoxy) is 1. The minimum atomic E-state index is 0.0475. The summed E-state index contributed by atoms with van der Waals surface area (Å²) in [6, 6.07) is 8.07. The second-order valence-corrected chi connectivity index (χ2v) is 9.18. The lowest BCUT2D eigenvalue weighted by Crippen LogP contribution is -2.16. The van der Waals surface area contributed by atoms with E-state index >= 15 is 0 Å². The number of benzene rings is 1. The molecule has 2 aromatic rings. The van der Waals surface area contributed by atoms with Crippen LogP contribution in [0, 0.1) is 16.7 Å². The third-order valence-corrected chi connectivity index (χ3v) is 7.53. The van der Waals surface area contributed by atoms with Crippen molar-refractivity contribution in [3.8, 4) is 22.4 Å². The van der Waals surface area contributed by atoms with Crippen molar-refractivity contribution in [3.05, 3.63) is 58.6 Å². The Kier molecular flexibility index (Phi) is 3.61. The SMILES string of the molecule is CC(C)Oc1ccc(-c2ncc(C34C=CC=C5CCCC53C4)s2)cc1C#N. The van der Waals surface area contributed by atoms with Gasteiger partial charge in [-0.2, -0.15) is 5.26 Å². The first-order chi connectivity index (χ1) is 13.1. The highest BCUT2D eigenvalue weighted by molar-refractivity contribution is 7.15. The lowest BCUT2D eigenvalue weighted by atomic mass is 9.83. The topological polar surface area (TPSA) is 45.9 Å². The van der Waals surface area contributed by atoms with Crippen molar-refractivity contribution in [2.75, 3.05) is 0 Å². The van der Waals surface area contributed by atoms with Crippen LogP contribution in [0.1, 0.15) is 50.0 Å². The zero-order valence-electron chi connectivity index (χ0n) is 15.7. The van der Waals surface area contributed by atoms with E-state index in [1.807, 2.05) is 32.0 Å². The number of nitriles is 1. The molecule has 0 amide bonds. The van der Waals surface area contributed by atoms with E-state index in [0.717, 1.165) is 10.6 Å². The number of aromatic nitrogens is 1. The maximum absolute atomic E-state index is 9.50. The van der Waals surface area contributed by atoms with Crippen LogP contribution >= 0.6 is 11.3 Å². The smallest absolute Gasteiger partial charge is 0.137 e. The van der Waals surface area contributed by atoms with Gasteiger partial charge in [0.15, 0.2) is 0 Å². The molecule has 2 unspecified atom stereocenters. The molecule has 0 N–H and O–H groups in total. The molecule has 3 aliphatic carbocycles. The number of thiazole rings is 1. The second kappa shape index (κ2) is 5.81. The summed E-state index contributed by atoms with van der Waals surface area (Å²) >= 11 is 1.78. The van der Waals surface area contributed by atoms with Gasteiger partial charge < -0.3 is 4.74 Å². The van der Waals surface area contributed by atoms with E-state index in [2.05, 4.69) is 30.5 Å². The van der Waals surface area contributed by atoms with Gasteiger partial charge in [-0.05, 0) is 57.7 Å². The van der Waals surface area contributed by atoms with Gasteiger partial charge in [-0.1, -0.05) is 23.8 Å². The van der Waals surface area contributed by atoms with Gasteiger partial charge in [-0.15, -0.1) is 11.3 Å². The third kappa shape index (κ3) is 2.34. The Morgan fingerprint density at radius 1 is 1.33 bits per heavy atom. The van der Waals surface area contributed by atoms with E-state index in [1.165, 1.54) is 30.6 Å². The molecule has 1 spiro atoms. The van der Waals surface area contributed by atoms with Crippen LogP contribution in [-0.2, 0) is 5.41 Å². The molecule has 3 nitrogen and oxygen atoms in total. The largest absolute Gasteiger partial charge is 0.490 e. The fourth-order valence-electron chi connectivity index (χ4n) is 5.04. The predicted octanol–water partition coefficient (Wildman–Crippen LogP) is 5.78. The Morgan fingerprint density at radius 2 is 2.22 bits per heavy atom. The molecule has 1 heterocycles. The molecule has 0 bridgehead atoms. The zero-order valence-corrected chi connectivity index (χ0v) is 16.5. The summed E-state index contributed by atoms with van der Waals surface area (Å²) in [4.78, 5) is 6.09. The van der Waals surface area contributed by atoms with Crippen LogP contribution in [0.15, 0.2) is 48.2 Å². The van der Waals surface area contributed by atoms with E-state index in [9.17, 15) is 5.26 Å². The van der Waals surface area contributed by atoms with Crippen molar-refractivity contribution >= 4 is 11.3 Å². The Balaban J connectivity index is 1.48. The van der Waals surface area contributed by atoms with Crippen molar-refractivity contribution in [2.24, 2.45) is 5.41 Å². The summed E-state index contributed by atoms with van der Waals surface area (Å²) in [5, 5.41) is 10.5. The third-order valence-electron chi connectivity index (χ3n) is 6.31. The van der Waals surface area contributed by atoms with Crippen LogP contribution in [0.5, 0.6) is 5.75 Å². The fraction of sp³-hybridized carbons (Fsp3) is 0.391. The summed E-state index contributed by atoms with van der Waals surface area (Å²) in [5.41, 5.74) is 3.74. The molecule has 2 fully saturated rings. The van der Waals surface area contributed by atoms with Crippen LogP contribution in [0.3, 0.4) is 0 Å². The van der Waals surface area contributed by atoms with Crippen molar-refractivity contribution in [2.45, 2.75) is 51.0 Å². The molecule has 4 heteroatoms. The van der Waals surface area contributed by atoms with Gasteiger partial charge in [-0.25, -0.2) is 4.98 Å². The molecule has 3 aliphatic rings. The molecule has 0 saturated heterocycles. The molecule has 2 atom stereocenters. The molecule has 1 aromatic heterocycles. The van der Waals surface area contributed by atoms with E-state index in [0.29, 0.717) is 16.7 Å². The van der Waals surface area contributed by atoms with E-state index in [1.54, 1.807) is 16.9 Å². The maximum atomic E-state index is 9.50. The highest BCUT2D eigenvalue weighted by atomic mass is 32.1. The molecule has 27 heavy (non-hydrogen) atoms. The Labute approximate surface area is 164 Å². The first-order valence-corrected chi connectivity index (χ1v) is 10.5. The van der Waals surface area contributed by atoms with Crippen molar-refractivity contribution in [1.29, 1.82) is 5.26 Å². The first kappa shape index (κ1) is 16.8. The summed E-state index contributed by atoms with van der Waals surface area (Å²) in [7, 11) is 0. The first-order valence-electron chi connectivity index (χ1n) is 9.64. The number of nitrogens with zero attached hydrogens (tertiary/aromatic N) is 2. The molecule has 0 radical (unpaired) electrons. The van der Waals surface area contributed by atoms with Gasteiger partial charge in [-0.3, -0.25) is 0 Å². The molecule has 5 rings (SSSR count). The van der Waals surface area contributed by atoms with Crippen LogP contribution in [0.25, 0.3) is 10.6 Å². The fourth-order valence-corrected chi connectivity index (χ4v) is 6.22. The summed E-state index contributed by atoms with van der Waals surface area (Å²) in [6.45, 7) is 3.94. The number of hydrogen-bond acceptors (Lipinski definition) is 4. The quantitative estimate of drug-likeness (QED) is 0.682. The lowest BCUT2D eigenvalue weighted by Gasteiger charge is -2.22. The van der Waals surface area contributed by atoms with Crippen LogP contribution < -0.4 is 4.74 Å². The van der Waals surface area contributed by atoms with E-state index in [4.69, 9.17) is 9.72 Å². The zero-order chi connectivity index (χ0) is 18.6. The van der Waals surface area contributed by atoms with Gasteiger partial charge in [0.25, 0.3) is 0 Å². The minimum Gasteiger partial charge on any atom is -0.490 e. The molecular weight excluding hydrogens is 352 g/mol. The van der Waals surface area contributed by atoms with Crippen LogP contribution in [-0.4, -0.2) is 11.1 Å². The lowest BCUT2D eigenvalue weighted by molar-refractivity contribution is 0.242. The predicted molar refractivity (Wildman–Crippen MR) is 108 cm³/mol. The Hall–Kier alpha value is -2.38. The van der Waals surface area contributed by atoms with Crippen LogP contribution in [0.4, 0.5) is 0 Å². The van der Waals surface area contributed by atoms with Gasteiger partial charge in [0, 0.05) is 27.5 Å². The Bertz CT molecular complexity index is 1030. The maximum Gasteiger partial charge on any atom is 0.137 e. The van der Waals surface area contributed by atoms with Crippen molar-refractivity contribution < 1.29 is 4.74 Å². The molecule has 1 aromatic carbocycles. The summed E-state index contributed by atoms with van der Waals surface area (Å²) in [5.74, 6) is 0.642. The van der Waals surface area contributed by atoms with E-state index in [-0.39, 0.29) is 11.5 Å². The number of allylic oxidation sites excluding steroid dienone is 4. The Morgan fingerprint density at radius 3 is 3.04 bits per heavy atom. The standard InChI is InChI=1S/C23H22N2OS/c1-15(2)26-19-8-7-16(11-17(19)12-24)21-25-13-20(27-21)23-10-4-6-18-5-3-9-22(18,23)14-23/h4,6-8,10-11,13,15H,3,5,9,14H2,1-2H3. The average molecular weight is 375 g/mol. The second-order valence-electron chi connectivity index (χ2n) is 8.15. The van der Waals surface area contributed by atoms with Gasteiger partial charge in [0.1, 0.15) is 16.8 Å². The minimum absolute atomic E-state index is 0.0475. The number of hydrogen-bond donors (Lipinski definition) is 0. The monoisotopic (exact) mass is 374 g/mol. The highest BCUT2D eigenvalue weighted by Gasteiger charge is 2.70. The highest BCUT2D eigenvalue weighted by Crippen LogP contribution is 2.76. The van der Waals surface area contributed by atoms with Crippen molar-refractivity contribution in [1.82, 2.24) is 4.98 Å². The molecule has 136 valence electrons. The number of rotatable bonds is 4. The summed E-state index contributed by atoms with van der Waals surface area (Å²) < 4.78 is 5.74. The normalized spacial score (nSPS) is 27.7. The molecule has 2 saturated carbocycles. The van der Waals surface area contributed by atoms with Gasteiger partial charge in [0.05, 0.1) is 11.7 Å². The van der Waals surface area contributed by atoms with Crippen molar-refractivity contribution in [3.63, 3.8) is 0 Å². The summed E-state index contributed by atoms with van der Waals surface area (Å²) in [6.07, 6.45) is 14.2. The van der Waals surface area contributed by atoms with Gasteiger partial charge >= 0.3 is 0 Å². The van der Waals surface area contributed by atoms with Crippen LogP contribution in [0.2, 0.25) is 0 Å². The molecular formula is C23H22N2OS. The molecule has 0 aliphatic heterocycles. The van der Waals surface area contributed by atoms with E-state index < -0.39 is 0 Å². The average Bonchev–Trinajstić information content (AvgIpc) is 2.98. The van der Waals surface area contributed by atoms with Gasteiger partial charge in [0.2, 0.25) is 0 Å².